The number of ether oxygens (including phenoxy) is 2. The van der Waals surface area contributed by atoms with E-state index < -0.39 is 0 Å². The summed E-state index contributed by atoms with van der Waals surface area (Å²) in [4.78, 5) is 10.5. The number of nitrogens with one attached hydrogen (secondary N) is 1. The lowest BCUT2D eigenvalue weighted by molar-refractivity contribution is -0.384. The molecule has 0 saturated carbocycles. The Kier molecular flexibility index (Phi) is 5.31. The van der Waals surface area contributed by atoms with E-state index in [4.69, 9.17) is 9.47 Å². The number of rotatable bonds is 7. The molecule has 1 saturated heterocycles. The first-order valence-electron chi connectivity index (χ1n) is 6.91. The third kappa shape index (κ3) is 3.91. The van der Waals surface area contributed by atoms with Gasteiger partial charge in [0, 0.05) is 36.5 Å². The number of non-ortho nitro benzene ring substituents is 1. The summed E-state index contributed by atoms with van der Waals surface area (Å²) in [6, 6.07) is 4.84. The number of anilines is 1. The Hall–Kier alpha value is -1.66. The zero-order valence-electron chi connectivity index (χ0n) is 11.6. The van der Waals surface area contributed by atoms with Crippen LogP contribution >= 0.6 is 0 Å². The number of nitrogens with zero attached hydrogens (tertiary/aromatic N) is 1. The lowest BCUT2D eigenvalue weighted by Crippen LogP contribution is -2.13. The number of nitro groups is 1. The predicted octanol–water partition coefficient (Wildman–Crippen LogP) is 2.72. The Morgan fingerprint density at radius 3 is 3.05 bits per heavy atom. The van der Waals surface area contributed by atoms with Gasteiger partial charge in [-0.1, -0.05) is 6.92 Å². The fraction of sp³-hybridized carbons (Fsp3) is 0.571. The zero-order valence-corrected chi connectivity index (χ0v) is 11.6. The molecule has 0 amide bonds. The van der Waals surface area contributed by atoms with E-state index >= 15 is 0 Å². The molecule has 1 fully saturated rings. The normalized spacial score (nSPS) is 18.1. The molecule has 1 aromatic rings. The molecule has 0 bridgehead atoms. The van der Waals surface area contributed by atoms with E-state index in [1.165, 1.54) is 6.07 Å². The molecule has 20 heavy (non-hydrogen) atoms. The molecule has 1 N–H and O–H groups in total. The lowest BCUT2D eigenvalue weighted by atomic mass is 10.1. The van der Waals surface area contributed by atoms with E-state index in [9.17, 15) is 10.1 Å². The summed E-state index contributed by atoms with van der Waals surface area (Å²) in [6.45, 7) is 4.59. The minimum Gasteiger partial charge on any atom is -0.385 e. The first kappa shape index (κ1) is 14.7. The van der Waals surface area contributed by atoms with E-state index in [2.05, 4.69) is 12.2 Å². The molecule has 0 radical (unpaired) electrons. The van der Waals surface area contributed by atoms with Crippen LogP contribution in [0.4, 0.5) is 11.4 Å². The van der Waals surface area contributed by atoms with Gasteiger partial charge in [-0.25, -0.2) is 0 Å². The van der Waals surface area contributed by atoms with Crippen molar-refractivity contribution in [3.05, 3.63) is 33.9 Å². The van der Waals surface area contributed by atoms with E-state index in [1.54, 1.807) is 12.1 Å². The summed E-state index contributed by atoms with van der Waals surface area (Å²) < 4.78 is 11.0. The molecule has 1 aliphatic rings. The molecule has 1 heterocycles. The molecule has 0 spiro atoms. The van der Waals surface area contributed by atoms with Gasteiger partial charge in [0.1, 0.15) is 0 Å². The Balaban J connectivity index is 2.07. The maximum absolute atomic E-state index is 10.9. The van der Waals surface area contributed by atoms with Crippen LogP contribution in [0.2, 0.25) is 0 Å². The average molecular weight is 280 g/mol. The molecule has 1 atom stereocenters. The van der Waals surface area contributed by atoms with Gasteiger partial charge < -0.3 is 14.8 Å². The SMILES string of the molecule is CCCNc1ccc([N+](=O)[O-])cc1COC1CCOC1. The van der Waals surface area contributed by atoms with Gasteiger partial charge in [0.25, 0.3) is 5.69 Å². The summed E-state index contributed by atoms with van der Waals surface area (Å²) in [5.74, 6) is 0. The Bertz CT molecular complexity index is 458. The van der Waals surface area contributed by atoms with E-state index in [-0.39, 0.29) is 16.7 Å². The van der Waals surface area contributed by atoms with Gasteiger partial charge >= 0.3 is 0 Å². The zero-order chi connectivity index (χ0) is 14.4. The fourth-order valence-corrected chi connectivity index (χ4v) is 2.10. The summed E-state index contributed by atoms with van der Waals surface area (Å²) >= 11 is 0. The van der Waals surface area contributed by atoms with E-state index in [0.29, 0.717) is 13.2 Å². The summed E-state index contributed by atoms with van der Waals surface area (Å²) in [6.07, 6.45) is 1.97. The quantitative estimate of drug-likeness (QED) is 0.614. The molecule has 110 valence electrons. The van der Waals surface area contributed by atoms with Crippen LogP contribution in [-0.2, 0) is 16.1 Å². The van der Waals surface area contributed by atoms with Crippen molar-refractivity contribution in [2.45, 2.75) is 32.5 Å². The maximum atomic E-state index is 10.9. The highest BCUT2D eigenvalue weighted by Gasteiger charge is 2.17. The van der Waals surface area contributed by atoms with Crippen molar-refractivity contribution in [2.24, 2.45) is 0 Å². The number of nitro benzene ring substituents is 1. The first-order chi connectivity index (χ1) is 9.70. The molecule has 6 nitrogen and oxygen atoms in total. The van der Waals surface area contributed by atoms with Gasteiger partial charge in [0.05, 0.1) is 24.2 Å². The molecule has 1 aromatic carbocycles. The highest BCUT2D eigenvalue weighted by Crippen LogP contribution is 2.24. The molecule has 1 unspecified atom stereocenters. The minimum atomic E-state index is -0.383. The number of hydrogen-bond acceptors (Lipinski definition) is 5. The molecule has 2 rings (SSSR count). The van der Waals surface area contributed by atoms with Gasteiger partial charge in [-0.05, 0) is 18.9 Å². The monoisotopic (exact) mass is 280 g/mol. The minimum absolute atomic E-state index is 0.0910. The van der Waals surface area contributed by atoms with Crippen LogP contribution in [0.25, 0.3) is 0 Å². The lowest BCUT2D eigenvalue weighted by Gasteiger charge is -2.14. The van der Waals surface area contributed by atoms with Gasteiger partial charge in [0.15, 0.2) is 0 Å². The van der Waals surface area contributed by atoms with Crippen molar-refractivity contribution in [3.63, 3.8) is 0 Å². The van der Waals surface area contributed by atoms with Crippen LogP contribution in [0.15, 0.2) is 18.2 Å². The topological polar surface area (TPSA) is 73.6 Å². The van der Waals surface area contributed by atoms with Crippen LogP contribution < -0.4 is 5.32 Å². The number of benzene rings is 1. The smallest absolute Gasteiger partial charge is 0.269 e. The molecular formula is C14H20N2O4. The molecule has 0 aliphatic carbocycles. The van der Waals surface area contributed by atoms with Crippen molar-refractivity contribution in [1.82, 2.24) is 0 Å². The van der Waals surface area contributed by atoms with Crippen LogP contribution in [-0.4, -0.2) is 30.8 Å². The summed E-state index contributed by atoms with van der Waals surface area (Å²) in [7, 11) is 0. The first-order valence-corrected chi connectivity index (χ1v) is 6.91. The summed E-state index contributed by atoms with van der Waals surface area (Å²) in [5, 5.41) is 14.1. The second-order valence-corrected chi connectivity index (χ2v) is 4.82. The second-order valence-electron chi connectivity index (χ2n) is 4.82. The van der Waals surface area contributed by atoms with Crippen molar-refractivity contribution in [3.8, 4) is 0 Å². The average Bonchev–Trinajstić information content (AvgIpc) is 2.96. The van der Waals surface area contributed by atoms with E-state index in [1.807, 2.05) is 0 Å². The molecule has 6 heteroatoms. The third-order valence-electron chi connectivity index (χ3n) is 3.23. The highest BCUT2D eigenvalue weighted by molar-refractivity contribution is 5.55. The van der Waals surface area contributed by atoms with Crippen molar-refractivity contribution >= 4 is 11.4 Å². The van der Waals surface area contributed by atoms with Crippen LogP contribution in [0, 0.1) is 10.1 Å². The van der Waals surface area contributed by atoms with Gasteiger partial charge in [0.2, 0.25) is 0 Å². The van der Waals surface area contributed by atoms with Crippen molar-refractivity contribution in [2.75, 3.05) is 25.1 Å². The van der Waals surface area contributed by atoms with Crippen molar-refractivity contribution in [1.29, 1.82) is 0 Å². The van der Waals surface area contributed by atoms with Gasteiger partial charge in [-0.3, -0.25) is 10.1 Å². The Labute approximate surface area is 118 Å². The Morgan fingerprint density at radius 2 is 2.40 bits per heavy atom. The standard InChI is InChI=1S/C14H20N2O4/c1-2-6-15-14-4-3-12(16(17)18)8-11(14)9-20-13-5-7-19-10-13/h3-4,8,13,15H,2,5-7,9-10H2,1H3. The third-order valence-corrected chi connectivity index (χ3v) is 3.23. The number of hydrogen-bond donors (Lipinski definition) is 1. The van der Waals surface area contributed by atoms with Crippen LogP contribution in [0.5, 0.6) is 0 Å². The Morgan fingerprint density at radius 1 is 1.55 bits per heavy atom. The molecule has 1 aliphatic heterocycles. The molecular weight excluding hydrogens is 260 g/mol. The second kappa shape index (κ2) is 7.21. The maximum Gasteiger partial charge on any atom is 0.269 e. The van der Waals surface area contributed by atoms with Crippen LogP contribution in [0.3, 0.4) is 0 Å². The predicted molar refractivity (Wildman–Crippen MR) is 75.9 cm³/mol. The summed E-state index contributed by atoms with van der Waals surface area (Å²) in [5.41, 5.74) is 1.81. The van der Waals surface area contributed by atoms with Crippen LogP contribution in [0.1, 0.15) is 25.3 Å². The van der Waals surface area contributed by atoms with Gasteiger partial charge in [-0.15, -0.1) is 0 Å². The van der Waals surface area contributed by atoms with Gasteiger partial charge in [-0.2, -0.15) is 0 Å². The molecule has 0 aromatic heterocycles. The highest BCUT2D eigenvalue weighted by atomic mass is 16.6. The fourth-order valence-electron chi connectivity index (χ4n) is 2.10. The van der Waals surface area contributed by atoms with Crippen molar-refractivity contribution < 1.29 is 14.4 Å². The largest absolute Gasteiger partial charge is 0.385 e. The van der Waals surface area contributed by atoms with E-state index in [0.717, 1.165) is 37.2 Å².